The van der Waals surface area contributed by atoms with Crippen molar-refractivity contribution < 1.29 is 19.1 Å². The number of amides is 2. The Morgan fingerprint density at radius 3 is 2.49 bits per heavy atom. The van der Waals surface area contributed by atoms with Gasteiger partial charge in [-0.3, -0.25) is 28.4 Å². The quantitative estimate of drug-likeness (QED) is 0.267. The SMILES string of the molecule is COCCn1cc(C(=O)Nc2cccc(-c3cccc(-c4cc5c(c(OC)n4)[C@@H](N4CC[C@]6(CCC(=O)N6)C4)CC5)c3C)c2C)c(=O)n(C)c1=O. The van der Waals surface area contributed by atoms with E-state index < -0.39 is 17.2 Å². The Hall–Kier alpha value is -5.07. The van der Waals surface area contributed by atoms with Crippen LogP contribution in [0.3, 0.4) is 0 Å². The fourth-order valence-corrected chi connectivity index (χ4v) is 8.18. The zero-order chi connectivity index (χ0) is 36.0. The summed E-state index contributed by atoms with van der Waals surface area (Å²) in [6, 6.07) is 14.2. The summed E-state index contributed by atoms with van der Waals surface area (Å²) in [4.78, 5) is 58.6. The topological polar surface area (TPSA) is 137 Å². The number of hydrogen-bond donors (Lipinski definition) is 2. The third kappa shape index (κ3) is 6.16. The van der Waals surface area contributed by atoms with Crippen molar-refractivity contribution in [3.8, 4) is 28.3 Å². The molecule has 0 unspecified atom stereocenters. The van der Waals surface area contributed by atoms with E-state index in [1.807, 2.05) is 25.1 Å². The molecule has 1 spiro atoms. The van der Waals surface area contributed by atoms with Crippen LogP contribution in [0.1, 0.15) is 64.3 Å². The standard InChI is InChI=1S/C39H44N6O6/c1-23-26(27-9-7-11-30(24(27)2)40-35(47)29-21-44(18-19-50-4)38(49)43(3)37(29)48)8-6-10-28(23)31-20-25-12-13-32(34(25)36(41-31)51-5)45-17-16-39(22-45)15-14-33(46)42-39/h6-11,20-21,32H,12-19,22H2,1-5H3,(H,40,47)(H,42,46)/t32-,39+/m0/s1. The maximum atomic E-state index is 13.5. The first-order chi connectivity index (χ1) is 24.5. The first-order valence-corrected chi connectivity index (χ1v) is 17.5. The first-order valence-electron chi connectivity index (χ1n) is 17.5. The van der Waals surface area contributed by atoms with Crippen LogP contribution in [0.4, 0.5) is 5.69 Å². The lowest BCUT2D eigenvalue weighted by atomic mass is 9.91. The monoisotopic (exact) mass is 692 g/mol. The van der Waals surface area contributed by atoms with Crippen molar-refractivity contribution in [3.05, 3.63) is 97.3 Å². The van der Waals surface area contributed by atoms with Gasteiger partial charge in [0.2, 0.25) is 11.8 Å². The summed E-state index contributed by atoms with van der Waals surface area (Å²) >= 11 is 0. The molecular formula is C39H44N6O6. The fourth-order valence-electron chi connectivity index (χ4n) is 8.18. The maximum absolute atomic E-state index is 13.5. The van der Waals surface area contributed by atoms with E-state index in [1.165, 1.54) is 30.5 Å². The van der Waals surface area contributed by atoms with Gasteiger partial charge in [0.25, 0.3) is 11.5 Å². The summed E-state index contributed by atoms with van der Waals surface area (Å²) < 4.78 is 13.3. The normalized spacial score (nSPS) is 19.8. The molecule has 7 rings (SSSR count). The van der Waals surface area contributed by atoms with Gasteiger partial charge in [0, 0.05) is 62.7 Å². The number of anilines is 1. The lowest BCUT2D eigenvalue weighted by Crippen LogP contribution is -2.44. The molecule has 1 aliphatic carbocycles. The van der Waals surface area contributed by atoms with Crippen LogP contribution in [0.2, 0.25) is 0 Å². The molecule has 2 aromatic heterocycles. The average molecular weight is 693 g/mol. The molecule has 0 radical (unpaired) electrons. The largest absolute Gasteiger partial charge is 0.481 e. The summed E-state index contributed by atoms with van der Waals surface area (Å²) in [5.74, 6) is 0.201. The van der Waals surface area contributed by atoms with Crippen molar-refractivity contribution in [2.75, 3.05) is 39.2 Å². The van der Waals surface area contributed by atoms with Crippen LogP contribution in [-0.4, -0.2) is 70.3 Å². The number of hydrogen-bond acceptors (Lipinski definition) is 8. The Morgan fingerprint density at radius 2 is 1.76 bits per heavy atom. The predicted octanol–water partition coefficient (Wildman–Crippen LogP) is 4.14. The zero-order valence-electron chi connectivity index (χ0n) is 29.8. The molecule has 12 heteroatoms. The maximum Gasteiger partial charge on any atom is 0.330 e. The van der Waals surface area contributed by atoms with Gasteiger partial charge < -0.3 is 20.1 Å². The van der Waals surface area contributed by atoms with Gasteiger partial charge in [-0.1, -0.05) is 30.3 Å². The van der Waals surface area contributed by atoms with Gasteiger partial charge in [0.1, 0.15) is 5.56 Å². The van der Waals surface area contributed by atoms with Crippen LogP contribution >= 0.6 is 0 Å². The van der Waals surface area contributed by atoms with Crippen molar-refractivity contribution in [1.29, 1.82) is 0 Å². The number of nitrogens with one attached hydrogen (secondary N) is 2. The highest BCUT2D eigenvalue weighted by Gasteiger charge is 2.46. The molecule has 2 N–H and O–H groups in total. The summed E-state index contributed by atoms with van der Waals surface area (Å²) in [7, 11) is 4.56. The van der Waals surface area contributed by atoms with E-state index in [4.69, 9.17) is 14.5 Å². The Labute approximate surface area is 296 Å². The summed E-state index contributed by atoms with van der Waals surface area (Å²) in [6.45, 7) is 6.27. The molecule has 2 aromatic carbocycles. The number of nitrogens with zero attached hydrogens (tertiary/aromatic N) is 4. The molecule has 4 heterocycles. The average Bonchev–Trinajstić information content (AvgIpc) is 3.85. The molecule has 0 bridgehead atoms. The van der Waals surface area contributed by atoms with E-state index in [-0.39, 0.29) is 36.2 Å². The minimum absolute atomic E-state index is 0.108. The molecule has 2 atom stereocenters. The van der Waals surface area contributed by atoms with Gasteiger partial charge in [0.15, 0.2) is 0 Å². The van der Waals surface area contributed by atoms with Crippen LogP contribution in [0, 0.1) is 13.8 Å². The van der Waals surface area contributed by atoms with Crippen molar-refractivity contribution >= 4 is 17.5 Å². The Balaban J connectivity index is 1.17. The van der Waals surface area contributed by atoms with Crippen molar-refractivity contribution in [2.24, 2.45) is 7.05 Å². The van der Waals surface area contributed by atoms with E-state index in [2.05, 4.69) is 40.7 Å². The van der Waals surface area contributed by atoms with Crippen molar-refractivity contribution in [1.82, 2.24) is 24.3 Å². The van der Waals surface area contributed by atoms with E-state index >= 15 is 0 Å². The molecule has 2 fully saturated rings. The summed E-state index contributed by atoms with van der Waals surface area (Å²) in [5, 5.41) is 6.16. The second-order valence-electron chi connectivity index (χ2n) is 14.0. The Kier molecular flexibility index (Phi) is 9.15. The number of likely N-dealkylation sites (tertiary alicyclic amines) is 1. The fraction of sp³-hybridized carbons (Fsp3) is 0.410. The van der Waals surface area contributed by atoms with Gasteiger partial charge in [-0.05, 0) is 79.5 Å². The molecule has 12 nitrogen and oxygen atoms in total. The van der Waals surface area contributed by atoms with Gasteiger partial charge in [-0.2, -0.15) is 0 Å². The molecule has 4 aromatic rings. The number of fused-ring (bicyclic) bond motifs is 1. The van der Waals surface area contributed by atoms with Gasteiger partial charge in [-0.15, -0.1) is 0 Å². The van der Waals surface area contributed by atoms with Crippen LogP contribution < -0.4 is 26.6 Å². The van der Waals surface area contributed by atoms with E-state index in [0.29, 0.717) is 18.0 Å². The van der Waals surface area contributed by atoms with Crippen LogP contribution in [0.25, 0.3) is 22.4 Å². The molecule has 2 amide bonds. The second kappa shape index (κ2) is 13.6. The van der Waals surface area contributed by atoms with E-state index in [1.54, 1.807) is 13.2 Å². The number of aromatic nitrogens is 3. The third-order valence-corrected chi connectivity index (χ3v) is 11.0. The summed E-state index contributed by atoms with van der Waals surface area (Å²) in [6.07, 6.45) is 5.67. The lowest BCUT2D eigenvalue weighted by Gasteiger charge is -2.28. The third-order valence-electron chi connectivity index (χ3n) is 11.0. The summed E-state index contributed by atoms with van der Waals surface area (Å²) in [5.41, 5.74) is 7.14. The number of aryl methyl sites for hydroxylation is 1. The van der Waals surface area contributed by atoms with Crippen molar-refractivity contribution in [3.63, 3.8) is 0 Å². The molecule has 2 aliphatic heterocycles. The highest BCUT2D eigenvalue weighted by Crippen LogP contribution is 2.46. The number of carbonyl (C=O) groups excluding carboxylic acids is 2. The number of methoxy groups -OCH3 is 2. The van der Waals surface area contributed by atoms with Crippen molar-refractivity contribution in [2.45, 2.75) is 64.1 Å². The number of ether oxygens (including phenoxy) is 2. The lowest BCUT2D eigenvalue weighted by molar-refractivity contribution is -0.119. The van der Waals surface area contributed by atoms with E-state index in [0.717, 1.165) is 82.4 Å². The molecule has 266 valence electrons. The number of rotatable bonds is 9. The molecule has 0 saturated carbocycles. The number of benzene rings is 2. The van der Waals surface area contributed by atoms with Gasteiger partial charge in [-0.25, -0.2) is 9.78 Å². The molecule has 2 saturated heterocycles. The number of carbonyl (C=O) groups is 2. The predicted molar refractivity (Wildman–Crippen MR) is 194 cm³/mol. The first kappa shape index (κ1) is 34.4. The number of pyridine rings is 1. The zero-order valence-corrected chi connectivity index (χ0v) is 29.8. The van der Waals surface area contributed by atoms with Crippen LogP contribution in [0.5, 0.6) is 5.88 Å². The highest BCUT2D eigenvalue weighted by atomic mass is 16.5. The van der Waals surface area contributed by atoms with E-state index in [9.17, 15) is 19.2 Å². The molecule has 3 aliphatic rings. The Morgan fingerprint density at radius 1 is 1.02 bits per heavy atom. The highest BCUT2D eigenvalue weighted by molar-refractivity contribution is 6.04. The molecule has 51 heavy (non-hydrogen) atoms. The smallest absolute Gasteiger partial charge is 0.330 e. The van der Waals surface area contributed by atoms with Gasteiger partial charge in [0.05, 0.1) is 31.5 Å². The van der Waals surface area contributed by atoms with Gasteiger partial charge >= 0.3 is 5.69 Å². The minimum atomic E-state index is -0.668. The Bertz CT molecular complexity index is 2170. The second-order valence-corrected chi connectivity index (χ2v) is 14.0. The van der Waals surface area contributed by atoms with Crippen LogP contribution in [-0.2, 0) is 29.5 Å². The minimum Gasteiger partial charge on any atom is -0.481 e. The molecular weight excluding hydrogens is 648 g/mol. The van der Waals surface area contributed by atoms with Crippen LogP contribution in [0.15, 0.2) is 58.3 Å².